The van der Waals surface area contributed by atoms with E-state index < -0.39 is 0 Å². The van der Waals surface area contributed by atoms with E-state index in [1.165, 1.54) is 32.1 Å². The summed E-state index contributed by atoms with van der Waals surface area (Å²) in [5, 5.41) is 3.34. The summed E-state index contributed by atoms with van der Waals surface area (Å²) in [6.07, 6.45) is 6.81. The highest BCUT2D eigenvalue weighted by Crippen LogP contribution is 2.62. The molecule has 3 nitrogen and oxygen atoms in total. The Kier molecular flexibility index (Phi) is 2.97. The van der Waals surface area contributed by atoms with Gasteiger partial charge in [0.05, 0.1) is 0 Å². The first kappa shape index (κ1) is 13.4. The summed E-state index contributed by atoms with van der Waals surface area (Å²) in [7, 11) is 0. The fourth-order valence-electron chi connectivity index (χ4n) is 4.79. The maximum atomic E-state index is 12.3. The molecule has 2 bridgehead atoms. The lowest BCUT2D eigenvalue weighted by molar-refractivity contribution is -0.124. The predicted molar refractivity (Wildman–Crippen MR) is 76.5 cm³/mol. The van der Waals surface area contributed by atoms with Crippen LogP contribution < -0.4 is 11.1 Å². The molecule has 4 unspecified atom stereocenters. The van der Waals surface area contributed by atoms with Crippen LogP contribution in [0.15, 0.2) is 0 Å². The Labute approximate surface area is 116 Å². The van der Waals surface area contributed by atoms with Crippen LogP contribution in [0.2, 0.25) is 0 Å². The van der Waals surface area contributed by atoms with Gasteiger partial charge in [-0.05, 0) is 54.8 Å². The molecule has 0 aromatic rings. The first-order chi connectivity index (χ1) is 8.83. The molecule has 3 aliphatic carbocycles. The molecule has 4 atom stereocenters. The number of nitrogens with two attached hydrogens (primary N) is 1. The van der Waals surface area contributed by atoms with Gasteiger partial charge in [0, 0.05) is 18.5 Å². The average molecular weight is 264 g/mol. The van der Waals surface area contributed by atoms with Crippen molar-refractivity contribution in [1.29, 1.82) is 0 Å². The van der Waals surface area contributed by atoms with Crippen molar-refractivity contribution in [2.45, 2.75) is 71.4 Å². The van der Waals surface area contributed by atoms with E-state index in [0.29, 0.717) is 23.8 Å². The minimum Gasteiger partial charge on any atom is -0.352 e. The van der Waals surface area contributed by atoms with E-state index in [0.717, 1.165) is 5.92 Å². The van der Waals surface area contributed by atoms with Crippen LogP contribution >= 0.6 is 0 Å². The van der Waals surface area contributed by atoms with Crippen LogP contribution in [0.1, 0.15) is 59.3 Å². The van der Waals surface area contributed by atoms with Crippen LogP contribution in [0.5, 0.6) is 0 Å². The van der Waals surface area contributed by atoms with Crippen LogP contribution in [-0.4, -0.2) is 18.0 Å². The molecule has 0 heterocycles. The molecule has 1 amide bonds. The van der Waals surface area contributed by atoms with Crippen LogP contribution in [0.4, 0.5) is 0 Å². The Balaban J connectivity index is 1.63. The van der Waals surface area contributed by atoms with Crippen LogP contribution in [0.25, 0.3) is 0 Å². The summed E-state index contributed by atoms with van der Waals surface area (Å²) in [6, 6.07) is 0.409. The normalized spacial score (nSPS) is 41.3. The van der Waals surface area contributed by atoms with E-state index in [9.17, 15) is 4.79 Å². The van der Waals surface area contributed by atoms with Gasteiger partial charge in [-0.1, -0.05) is 20.8 Å². The molecule has 0 radical (unpaired) electrons. The summed E-state index contributed by atoms with van der Waals surface area (Å²) < 4.78 is 0. The number of fused-ring (bicyclic) bond motifs is 2. The quantitative estimate of drug-likeness (QED) is 0.819. The molecule has 0 aliphatic heterocycles. The maximum Gasteiger partial charge on any atom is 0.221 e. The van der Waals surface area contributed by atoms with E-state index in [4.69, 9.17) is 5.73 Å². The monoisotopic (exact) mass is 264 g/mol. The van der Waals surface area contributed by atoms with Gasteiger partial charge in [-0.2, -0.15) is 0 Å². The van der Waals surface area contributed by atoms with Crippen LogP contribution in [-0.2, 0) is 4.79 Å². The van der Waals surface area contributed by atoms with Crippen LogP contribution in [0, 0.1) is 22.7 Å². The van der Waals surface area contributed by atoms with Crippen molar-refractivity contribution in [3.05, 3.63) is 0 Å². The minimum atomic E-state index is 0.0782. The molecule has 3 N–H and O–H groups in total. The van der Waals surface area contributed by atoms with E-state index >= 15 is 0 Å². The number of carbonyl (C=O) groups excluding carboxylic acids is 1. The molecule has 108 valence electrons. The third-order valence-corrected chi connectivity index (χ3v) is 6.22. The van der Waals surface area contributed by atoms with E-state index in [1.54, 1.807) is 0 Å². The summed E-state index contributed by atoms with van der Waals surface area (Å²) in [4.78, 5) is 12.3. The highest BCUT2D eigenvalue weighted by molar-refractivity contribution is 5.77. The third-order valence-electron chi connectivity index (χ3n) is 6.22. The summed E-state index contributed by atoms with van der Waals surface area (Å²) in [5.74, 6) is 1.56. The van der Waals surface area contributed by atoms with Crippen LogP contribution in [0.3, 0.4) is 0 Å². The van der Waals surface area contributed by atoms with Crippen molar-refractivity contribution in [3.8, 4) is 0 Å². The average Bonchev–Trinajstić information content (AvgIpc) is 3.05. The van der Waals surface area contributed by atoms with Gasteiger partial charge >= 0.3 is 0 Å². The smallest absolute Gasteiger partial charge is 0.221 e. The Morgan fingerprint density at radius 1 is 1.32 bits per heavy atom. The van der Waals surface area contributed by atoms with Crippen molar-refractivity contribution in [2.75, 3.05) is 0 Å². The van der Waals surface area contributed by atoms with Gasteiger partial charge in [0.15, 0.2) is 0 Å². The Hall–Kier alpha value is -0.570. The molecule has 0 spiro atoms. The lowest BCUT2D eigenvalue weighted by Gasteiger charge is -2.43. The highest BCUT2D eigenvalue weighted by Gasteiger charge is 2.59. The fourth-order valence-corrected chi connectivity index (χ4v) is 4.79. The van der Waals surface area contributed by atoms with Gasteiger partial charge in [0.25, 0.3) is 0 Å². The second-order valence-corrected chi connectivity index (χ2v) is 8.12. The number of nitrogens with one attached hydrogen (secondary N) is 1. The zero-order chi connectivity index (χ0) is 13.8. The molecular weight excluding hydrogens is 236 g/mol. The third kappa shape index (κ3) is 2.20. The molecule has 3 fully saturated rings. The highest BCUT2D eigenvalue weighted by atomic mass is 16.1. The Morgan fingerprint density at radius 3 is 2.53 bits per heavy atom. The lowest BCUT2D eigenvalue weighted by Crippen LogP contribution is -2.53. The minimum absolute atomic E-state index is 0.0782. The number of carbonyl (C=O) groups is 1. The van der Waals surface area contributed by atoms with Gasteiger partial charge in [-0.25, -0.2) is 0 Å². The molecule has 0 saturated heterocycles. The predicted octanol–water partition coefficient (Wildman–Crippen LogP) is 2.44. The topological polar surface area (TPSA) is 55.1 Å². The van der Waals surface area contributed by atoms with E-state index in [1.807, 2.05) is 0 Å². The largest absolute Gasteiger partial charge is 0.352 e. The van der Waals surface area contributed by atoms with Gasteiger partial charge in [-0.15, -0.1) is 0 Å². The molecule has 19 heavy (non-hydrogen) atoms. The molecule has 3 saturated carbocycles. The first-order valence-corrected chi connectivity index (χ1v) is 7.88. The van der Waals surface area contributed by atoms with Crippen molar-refractivity contribution in [2.24, 2.45) is 28.4 Å². The zero-order valence-electron chi connectivity index (χ0n) is 12.5. The van der Waals surface area contributed by atoms with Gasteiger partial charge in [-0.3, -0.25) is 4.79 Å². The first-order valence-electron chi connectivity index (χ1n) is 7.88. The van der Waals surface area contributed by atoms with Crippen molar-refractivity contribution < 1.29 is 4.79 Å². The van der Waals surface area contributed by atoms with Gasteiger partial charge < -0.3 is 11.1 Å². The molecule has 3 heteroatoms. The Bertz CT molecular complexity index is 383. The number of amides is 1. The number of hydrogen-bond donors (Lipinski definition) is 2. The summed E-state index contributed by atoms with van der Waals surface area (Å²) in [6.45, 7) is 7.01. The van der Waals surface area contributed by atoms with Crippen molar-refractivity contribution >= 4 is 5.91 Å². The zero-order valence-corrected chi connectivity index (χ0v) is 12.5. The second-order valence-electron chi connectivity index (χ2n) is 8.12. The molecule has 3 aliphatic rings. The summed E-state index contributed by atoms with van der Waals surface area (Å²) >= 11 is 0. The van der Waals surface area contributed by atoms with E-state index in [2.05, 4.69) is 26.1 Å². The van der Waals surface area contributed by atoms with Crippen molar-refractivity contribution in [1.82, 2.24) is 5.32 Å². The van der Waals surface area contributed by atoms with Gasteiger partial charge in [0.1, 0.15) is 0 Å². The SMILES string of the molecule is CC12CCC(C1)C(C)(C)C2NC(=O)CC(N)C1CC1. The molecule has 0 aromatic carbocycles. The lowest BCUT2D eigenvalue weighted by atomic mass is 9.68. The van der Waals surface area contributed by atoms with Gasteiger partial charge in [0.2, 0.25) is 5.91 Å². The fraction of sp³-hybridized carbons (Fsp3) is 0.938. The number of hydrogen-bond acceptors (Lipinski definition) is 2. The maximum absolute atomic E-state index is 12.3. The standard InChI is InChI=1S/C16H28N2O/c1-15(2)11-6-7-16(3,9-11)14(15)18-13(19)8-12(17)10-4-5-10/h10-12,14H,4-9,17H2,1-3H3,(H,18,19). The summed E-state index contributed by atoms with van der Waals surface area (Å²) in [5.41, 5.74) is 6.63. The Morgan fingerprint density at radius 2 is 2.00 bits per heavy atom. The molecule has 0 aromatic heterocycles. The van der Waals surface area contributed by atoms with E-state index in [-0.39, 0.29) is 17.4 Å². The molecular formula is C16H28N2O. The second kappa shape index (κ2) is 4.21. The molecule has 3 rings (SSSR count). The van der Waals surface area contributed by atoms with Crippen molar-refractivity contribution in [3.63, 3.8) is 0 Å². The number of rotatable bonds is 4.